The molecule has 2 fully saturated rings. The fourth-order valence-corrected chi connectivity index (χ4v) is 3.71. The van der Waals surface area contributed by atoms with E-state index in [1.165, 1.54) is 11.8 Å². The summed E-state index contributed by atoms with van der Waals surface area (Å²) in [5, 5.41) is 14.4. The number of rotatable bonds is 3. The number of nitrogens with zero attached hydrogens (tertiary/aromatic N) is 3. The van der Waals surface area contributed by atoms with Crippen molar-refractivity contribution in [3.63, 3.8) is 0 Å². The highest BCUT2D eigenvalue weighted by Crippen LogP contribution is 2.27. The molecule has 2 heterocycles. The van der Waals surface area contributed by atoms with Crippen molar-refractivity contribution in [1.29, 1.82) is 0 Å². The Balaban J connectivity index is 0.00000261. The fourth-order valence-electron chi connectivity index (χ4n) is 3.71. The van der Waals surface area contributed by atoms with E-state index in [-0.39, 0.29) is 47.7 Å². The first-order chi connectivity index (χ1) is 12.4. The minimum absolute atomic E-state index is 0. The standard InChI is InChI=1S/C17H21FN4O4.ClH/c1-11-7-12(18)8-14(16(11)22(25)26)17(24)20-5-2-3-13(10-20)21-6-4-19-9-15(21)23;/h7-8,13,19H,2-6,9-10H2,1H3;1H. The number of nitrogens with one attached hydrogen (secondary N) is 1. The van der Waals surface area contributed by atoms with Crippen molar-refractivity contribution in [2.45, 2.75) is 25.8 Å². The number of halogens is 2. The lowest BCUT2D eigenvalue weighted by Crippen LogP contribution is -2.57. The topological polar surface area (TPSA) is 95.8 Å². The van der Waals surface area contributed by atoms with Crippen molar-refractivity contribution < 1.29 is 18.9 Å². The third-order valence-electron chi connectivity index (χ3n) is 4.93. The Labute approximate surface area is 162 Å². The molecule has 2 aliphatic heterocycles. The number of hydrogen-bond donors (Lipinski definition) is 1. The Kier molecular flexibility index (Phi) is 6.72. The molecule has 0 aliphatic carbocycles. The zero-order valence-corrected chi connectivity index (χ0v) is 15.8. The number of piperazine rings is 1. The zero-order chi connectivity index (χ0) is 18.8. The number of carbonyl (C=O) groups is 2. The lowest BCUT2D eigenvalue weighted by molar-refractivity contribution is -0.385. The van der Waals surface area contributed by atoms with E-state index in [2.05, 4.69) is 5.32 Å². The van der Waals surface area contributed by atoms with Gasteiger partial charge in [0.15, 0.2) is 0 Å². The van der Waals surface area contributed by atoms with Crippen molar-refractivity contribution in [3.05, 3.63) is 39.2 Å². The molecule has 2 saturated heterocycles. The van der Waals surface area contributed by atoms with Crippen LogP contribution < -0.4 is 5.32 Å². The molecule has 0 bridgehead atoms. The molecule has 148 valence electrons. The van der Waals surface area contributed by atoms with Crippen molar-refractivity contribution in [2.24, 2.45) is 0 Å². The largest absolute Gasteiger partial charge is 0.336 e. The first-order valence-electron chi connectivity index (χ1n) is 8.62. The molecule has 27 heavy (non-hydrogen) atoms. The predicted molar refractivity (Wildman–Crippen MR) is 98.5 cm³/mol. The second-order valence-electron chi connectivity index (χ2n) is 6.69. The summed E-state index contributed by atoms with van der Waals surface area (Å²) < 4.78 is 13.8. The minimum Gasteiger partial charge on any atom is -0.336 e. The number of amides is 2. The van der Waals surface area contributed by atoms with Crippen LogP contribution in [-0.2, 0) is 4.79 Å². The van der Waals surface area contributed by atoms with Gasteiger partial charge in [-0.05, 0) is 31.9 Å². The highest BCUT2D eigenvalue weighted by Gasteiger charge is 2.34. The highest BCUT2D eigenvalue weighted by molar-refractivity contribution is 5.98. The average molecular weight is 401 g/mol. The van der Waals surface area contributed by atoms with E-state index >= 15 is 0 Å². The van der Waals surface area contributed by atoms with Crippen LogP contribution in [-0.4, -0.2) is 65.3 Å². The van der Waals surface area contributed by atoms with Gasteiger partial charge < -0.3 is 15.1 Å². The first kappa shape index (κ1) is 21.0. The van der Waals surface area contributed by atoms with E-state index in [4.69, 9.17) is 0 Å². The third-order valence-corrected chi connectivity index (χ3v) is 4.93. The highest BCUT2D eigenvalue weighted by atomic mass is 35.5. The molecule has 0 aromatic heterocycles. The molecule has 1 unspecified atom stereocenters. The number of carbonyl (C=O) groups excluding carboxylic acids is 2. The molecule has 0 spiro atoms. The molecule has 0 radical (unpaired) electrons. The Morgan fingerprint density at radius 2 is 2.11 bits per heavy atom. The molecule has 8 nitrogen and oxygen atoms in total. The van der Waals surface area contributed by atoms with Crippen LogP contribution in [0.25, 0.3) is 0 Å². The molecule has 1 atom stereocenters. The molecule has 1 N–H and O–H groups in total. The minimum atomic E-state index is -0.678. The van der Waals surface area contributed by atoms with Crippen molar-refractivity contribution in [1.82, 2.24) is 15.1 Å². The summed E-state index contributed by atoms with van der Waals surface area (Å²) in [5.41, 5.74) is -0.485. The van der Waals surface area contributed by atoms with Crippen LogP contribution in [0, 0.1) is 22.9 Å². The van der Waals surface area contributed by atoms with Gasteiger partial charge >= 0.3 is 0 Å². The van der Waals surface area contributed by atoms with E-state index in [1.807, 2.05) is 0 Å². The second-order valence-corrected chi connectivity index (χ2v) is 6.69. The summed E-state index contributed by atoms with van der Waals surface area (Å²) in [6.45, 7) is 3.70. The Morgan fingerprint density at radius 3 is 2.78 bits per heavy atom. The van der Waals surface area contributed by atoms with Crippen molar-refractivity contribution in [3.8, 4) is 0 Å². The maximum Gasteiger partial charge on any atom is 0.285 e. The summed E-state index contributed by atoms with van der Waals surface area (Å²) in [7, 11) is 0. The van der Waals surface area contributed by atoms with Gasteiger partial charge in [-0.15, -0.1) is 12.4 Å². The molecule has 1 aromatic rings. The predicted octanol–water partition coefficient (Wildman–Crippen LogP) is 1.50. The Bertz CT molecular complexity index is 761. The molecular weight excluding hydrogens is 379 g/mol. The Morgan fingerprint density at radius 1 is 1.37 bits per heavy atom. The lowest BCUT2D eigenvalue weighted by Gasteiger charge is -2.41. The van der Waals surface area contributed by atoms with E-state index in [0.29, 0.717) is 32.6 Å². The molecule has 2 aliphatic rings. The number of hydrogen-bond acceptors (Lipinski definition) is 5. The van der Waals surface area contributed by atoms with Crippen molar-refractivity contribution in [2.75, 3.05) is 32.7 Å². The molecule has 0 saturated carbocycles. The lowest BCUT2D eigenvalue weighted by atomic mass is 10.0. The van der Waals surface area contributed by atoms with E-state index in [9.17, 15) is 24.1 Å². The van der Waals surface area contributed by atoms with Crippen LogP contribution in [0.15, 0.2) is 12.1 Å². The first-order valence-corrected chi connectivity index (χ1v) is 8.62. The monoisotopic (exact) mass is 400 g/mol. The normalized spacial score (nSPS) is 20.2. The van der Waals surface area contributed by atoms with Gasteiger partial charge in [-0.2, -0.15) is 0 Å². The van der Waals surface area contributed by atoms with E-state index in [0.717, 1.165) is 18.6 Å². The maximum absolute atomic E-state index is 13.8. The van der Waals surface area contributed by atoms with Crippen LogP contribution in [0.3, 0.4) is 0 Å². The number of nitro benzene ring substituents is 1. The van der Waals surface area contributed by atoms with Gasteiger partial charge in [0.1, 0.15) is 11.4 Å². The number of likely N-dealkylation sites (tertiary alicyclic amines) is 1. The van der Waals surface area contributed by atoms with Gasteiger partial charge in [0.25, 0.3) is 11.6 Å². The van der Waals surface area contributed by atoms with Gasteiger partial charge in [0.2, 0.25) is 5.91 Å². The molecule has 3 rings (SSSR count). The van der Waals surface area contributed by atoms with Crippen LogP contribution in [0.1, 0.15) is 28.8 Å². The smallest absolute Gasteiger partial charge is 0.285 e. The van der Waals surface area contributed by atoms with Gasteiger partial charge in [-0.3, -0.25) is 19.7 Å². The maximum atomic E-state index is 13.8. The summed E-state index contributed by atoms with van der Waals surface area (Å²) in [6, 6.07) is 1.86. The molecule has 2 amide bonds. The van der Waals surface area contributed by atoms with Gasteiger partial charge in [0.05, 0.1) is 11.5 Å². The molecule has 1 aromatic carbocycles. The van der Waals surface area contributed by atoms with E-state index in [1.54, 1.807) is 4.90 Å². The van der Waals surface area contributed by atoms with Crippen LogP contribution in [0.2, 0.25) is 0 Å². The number of piperidine rings is 1. The summed E-state index contributed by atoms with van der Waals surface area (Å²) in [6.07, 6.45) is 1.47. The van der Waals surface area contributed by atoms with Crippen LogP contribution in [0.4, 0.5) is 10.1 Å². The molecule has 10 heteroatoms. The zero-order valence-electron chi connectivity index (χ0n) is 14.9. The SMILES string of the molecule is Cc1cc(F)cc(C(=O)N2CCCC(N3CCNCC3=O)C2)c1[N+](=O)[O-].Cl. The summed E-state index contributed by atoms with van der Waals surface area (Å²) in [5.74, 6) is -1.25. The third kappa shape index (κ3) is 4.36. The van der Waals surface area contributed by atoms with Crippen LogP contribution in [0.5, 0.6) is 0 Å². The number of nitro groups is 1. The van der Waals surface area contributed by atoms with Gasteiger partial charge in [0, 0.05) is 37.8 Å². The van der Waals surface area contributed by atoms with Gasteiger partial charge in [-0.1, -0.05) is 0 Å². The van der Waals surface area contributed by atoms with Gasteiger partial charge in [-0.25, -0.2) is 4.39 Å². The van der Waals surface area contributed by atoms with Crippen molar-refractivity contribution >= 4 is 29.9 Å². The second kappa shape index (κ2) is 8.62. The summed E-state index contributed by atoms with van der Waals surface area (Å²) >= 11 is 0. The number of aryl methyl sites for hydroxylation is 1. The molecular formula is C17H22ClFN4O4. The fraction of sp³-hybridized carbons (Fsp3) is 0.529. The average Bonchev–Trinajstić information content (AvgIpc) is 2.60. The number of benzene rings is 1. The van der Waals surface area contributed by atoms with Crippen LogP contribution >= 0.6 is 12.4 Å². The quantitative estimate of drug-likeness (QED) is 0.612. The summed E-state index contributed by atoms with van der Waals surface area (Å²) in [4.78, 5) is 38.9. The Hall–Kier alpha value is -2.26. The van der Waals surface area contributed by atoms with E-state index < -0.39 is 16.6 Å².